The second-order valence-electron chi connectivity index (χ2n) is 6.96. The molecule has 0 aromatic heterocycles. The highest BCUT2D eigenvalue weighted by Crippen LogP contribution is 2.25. The summed E-state index contributed by atoms with van der Waals surface area (Å²) in [4.78, 5) is 0. The van der Waals surface area contributed by atoms with Gasteiger partial charge in [0.15, 0.2) is 0 Å². The maximum Gasteiger partial charge on any atom is 0.0375 e. The molecule has 1 aliphatic rings. The van der Waals surface area contributed by atoms with Crippen molar-refractivity contribution in [2.24, 2.45) is 5.92 Å². The van der Waals surface area contributed by atoms with Crippen molar-refractivity contribution in [3.8, 4) is 0 Å². The molecule has 0 saturated heterocycles. The molecule has 0 amide bonds. The normalized spacial score (nSPS) is 17.9. The standard InChI is InChI=1S/C19H32N2/c1-15(2)13-18(20-3)14-16-9-7-8-12-19(16)21-17-10-5-4-6-11-17/h7-9,12,15,17-18,20-21H,4-6,10-11,13-14H2,1-3H3. The summed E-state index contributed by atoms with van der Waals surface area (Å²) >= 11 is 0. The van der Waals surface area contributed by atoms with Crippen molar-refractivity contribution in [3.63, 3.8) is 0 Å². The highest BCUT2D eigenvalue weighted by molar-refractivity contribution is 5.52. The van der Waals surface area contributed by atoms with Crippen molar-refractivity contribution < 1.29 is 0 Å². The molecule has 0 radical (unpaired) electrons. The number of likely N-dealkylation sites (N-methyl/N-ethyl adjacent to an activating group) is 1. The lowest BCUT2D eigenvalue weighted by molar-refractivity contribution is 0.440. The fourth-order valence-electron chi connectivity index (χ4n) is 3.44. The van der Waals surface area contributed by atoms with E-state index in [9.17, 15) is 0 Å². The van der Waals surface area contributed by atoms with Gasteiger partial charge in [-0.05, 0) is 50.3 Å². The summed E-state index contributed by atoms with van der Waals surface area (Å²) in [6, 6.07) is 10.1. The molecule has 1 atom stereocenters. The average Bonchev–Trinajstić information content (AvgIpc) is 2.49. The van der Waals surface area contributed by atoms with Gasteiger partial charge in [0, 0.05) is 17.8 Å². The van der Waals surface area contributed by atoms with E-state index in [-0.39, 0.29) is 0 Å². The molecule has 0 aliphatic heterocycles. The highest BCUT2D eigenvalue weighted by Gasteiger charge is 2.16. The van der Waals surface area contributed by atoms with Crippen LogP contribution in [0.25, 0.3) is 0 Å². The number of rotatable bonds is 7. The Kier molecular flexibility index (Phi) is 6.56. The number of hydrogen-bond donors (Lipinski definition) is 2. The smallest absolute Gasteiger partial charge is 0.0375 e. The van der Waals surface area contributed by atoms with E-state index in [0.29, 0.717) is 12.1 Å². The Morgan fingerprint density at radius 3 is 2.48 bits per heavy atom. The van der Waals surface area contributed by atoms with Crippen LogP contribution in [0.4, 0.5) is 5.69 Å². The molecule has 1 aliphatic carbocycles. The topological polar surface area (TPSA) is 24.1 Å². The molecule has 1 unspecified atom stereocenters. The summed E-state index contributed by atoms with van der Waals surface area (Å²) in [6.45, 7) is 4.60. The van der Waals surface area contributed by atoms with Crippen LogP contribution in [0.2, 0.25) is 0 Å². The molecule has 2 N–H and O–H groups in total. The Morgan fingerprint density at radius 1 is 1.10 bits per heavy atom. The molecule has 2 rings (SSSR count). The summed E-state index contributed by atoms with van der Waals surface area (Å²) in [5.41, 5.74) is 2.82. The second kappa shape index (κ2) is 8.43. The van der Waals surface area contributed by atoms with Crippen molar-refractivity contribution in [1.29, 1.82) is 0 Å². The first-order valence-electron chi connectivity index (χ1n) is 8.70. The molecule has 0 heterocycles. The summed E-state index contributed by atoms with van der Waals surface area (Å²) in [7, 11) is 2.09. The van der Waals surface area contributed by atoms with Crippen LogP contribution in [0.3, 0.4) is 0 Å². The van der Waals surface area contributed by atoms with Gasteiger partial charge in [0.2, 0.25) is 0 Å². The summed E-state index contributed by atoms with van der Waals surface area (Å²) in [5, 5.41) is 7.29. The third kappa shape index (κ3) is 5.35. The first kappa shape index (κ1) is 16.4. The van der Waals surface area contributed by atoms with Gasteiger partial charge in [-0.25, -0.2) is 0 Å². The molecule has 21 heavy (non-hydrogen) atoms. The van der Waals surface area contributed by atoms with Crippen molar-refractivity contribution in [2.75, 3.05) is 12.4 Å². The predicted octanol–water partition coefficient (Wildman–Crippen LogP) is 4.61. The Morgan fingerprint density at radius 2 is 1.81 bits per heavy atom. The summed E-state index contributed by atoms with van der Waals surface area (Å²) < 4.78 is 0. The van der Waals surface area contributed by atoms with E-state index in [0.717, 1.165) is 12.3 Å². The third-order valence-electron chi connectivity index (χ3n) is 4.61. The molecular formula is C19H32N2. The van der Waals surface area contributed by atoms with E-state index in [4.69, 9.17) is 0 Å². The zero-order chi connectivity index (χ0) is 15.1. The number of anilines is 1. The molecular weight excluding hydrogens is 256 g/mol. The summed E-state index contributed by atoms with van der Waals surface area (Å²) in [6.07, 6.45) is 9.18. The quantitative estimate of drug-likeness (QED) is 0.765. The van der Waals surface area contributed by atoms with E-state index in [1.54, 1.807) is 0 Å². The van der Waals surface area contributed by atoms with Gasteiger partial charge < -0.3 is 10.6 Å². The first-order chi connectivity index (χ1) is 10.2. The lowest BCUT2D eigenvalue weighted by Gasteiger charge is -2.26. The van der Waals surface area contributed by atoms with E-state index < -0.39 is 0 Å². The number of para-hydroxylation sites is 1. The summed E-state index contributed by atoms with van der Waals surface area (Å²) in [5.74, 6) is 0.737. The molecule has 1 fully saturated rings. The molecule has 1 aromatic carbocycles. The van der Waals surface area contributed by atoms with E-state index in [1.807, 2.05) is 0 Å². The highest BCUT2D eigenvalue weighted by atomic mass is 14.9. The van der Waals surface area contributed by atoms with Crippen LogP contribution < -0.4 is 10.6 Å². The van der Waals surface area contributed by atoms with E-state index in [2.05, 4.69) is 55.8 Å². The van der Waals surface area contributed by atoms with Crippen LogP contribution in [0.5, 0.6) is 0 Å². The fraction of sp³-hybridized carbons (Fsp3) is 0.684. The minimum Gasteiger partial charge on any atom is -0.382 e. The number of nitrogens with one attached hydrogen (secondary N) is 2. The van der Waals surface area contributed by atoms with E-state index in [1.165, 1.54) is 49.8 Å². The predicted molar refractivity (Wildman–Crippen MR) is 92.9 cm³/mol. The second-order valence-corrected chi connectivity index (χ2v) is 6.96. The minimum absolute atomic E-state index is 0.569. The number of benzene rings is 1. The lowest BCUT2D eigenvalue weighted by Crippen LogP contribution is -2.30. The Hall–Kier alpha value is -1.02. The maximum atomic E-state index is 3.80. The van der Waals surface area contributed by atoms with Crippen LogP contribution in [0.1, 0.15) is 57.9 Å². The largest absolute Gasteiger partial charge is 0.382 e. The van der Waals surface area contributed by atoms with Gasteiger partial charge in [-0.2, -0.15) is 0 Å². The van der Waals surface area contributed by atoms with Crippen LogP contribution >= 0.6 is 0 Å². The van der Waals surface area contributed by atoms with Crippen molar-refractivity contribution in [2.45, 2.75) is 70.9 Å². The average molecular weight is 288 g/mol. The monoisotopic (exact) mass is 288 g/mol. The Bertz CT molecular complexity index is 408. The van der Waals surface area contributed by atoms with Gasteiger partial charge in [0.25, 0.3) is 0 Å². The zero-order valence-electron chi connectivity index (χ0n) is 14.0. The third-order valence-corrected chi connectivity index (χ3v) is 4.61. The van der Waals surface area contributed by atoms with Gasteiger partial charge in [-0.1, -0.05) is 51.3 Å². The van der Waals surface area contributed by atoms with Crippen molar-refractivity contribution in [1.82, 2.24) is 5.32 Å². The molecule has 2 heteroatoms. The van der Waals surface area contributed by atoms with Crippen LogP contribution in [0, 0.1) is 5.92 Å². The van der Waals surface area contributed by atoms with Crippen LogP contribution in [-0.2, 0) is 6.42 Å². The fourth-order valence-corrected chi connectivity index (χ4v) is 3.44. The molecule has 1 saturated carbocycles. The van der Waals surface area contributed by atoms with Gasteiger partial charge >= 0.3 is 0 Å². The van der Waals surface area contributed by atoms with E-state index >= 15 is 0 Å². The van der Waals surface area contributed by atoms with Crippen LogP contribution in [0.15, 0.2) is 24.3 Å². The molecule has 2 nitrogen and oxygen atoms in total. The SMILES string of the molecule is CNC(Cc1ccccc1NC1CCCCC1)CC(C)C. The van der Waals surface area contributed by atoms with Gasteiger partial charge in [-0.3, -0.25) is 0 Å². The maximum absolute atomic E-state index is 3.80. The lowest BCUT2D eigenvalue weighted by atomic mass is 9.93. The Balaban J connectivity index is 2.01. The molecule has 118 valence electrons. The molecule has 1 aromatic rings. The minimum atomic E-state index is 0.569. The van der Waals surface area contributed by atoms with Crippen molar-refractivity contribution >= 4 is 5.69 Å². The first-order valence-corrected chi connectivity index (χ1v) is 8.70. The zero-order valence-corrected chi connectivity index (χ0v) is 14.0. The van der Waals surface area contributed by atoms with Gasteiger partial charge in [-0.15, -0.1) is 0 Å². The van der Waals surface area contributed by atoms with Gasteiger partial charge in [0.05, 0.1) is 0 Å². The molecule has 0 spiro atoms. The van der Waals surface area contributed by atoms with Gasteiger partial charge in [0.1, 0.15) is 0 Å². The van der Waals surface area contributed by atoms with Crippen molar-refractivity contribution in [3.05, 3.63) is 29.8 Å². The number of hydrogen-bond acceptors (Lipinski definition) is 2. The molecule has 0 bridgehead atoms. The van der Waals surface area contributed by atoms with Crippen LogP contribution in [-0.4, -0.2) is 19.1 Å². The Labute approximate surface area is 130 Å².